The predicted molar refractivity (Wildman–Crippen MR) is 84.0 cm³/mol. The summed E-state index contributed by atoms with van der Waals surface area (Å²) in [5.74, 6) is 3.29. The number of halogens is 1. The second-order valence-corrected chi connectivity index (χ2v) is 7.10. The van der Waals surface area contributed by atoms with Gasteiger partial charge in [0, 0.05) is 11.6 Å². The summed E-state index contributed by atoms with van der Waals surface area (Å²) in [6, 6.07) is 7.79. The molecule has 1 atom stereocenters. The summed E-state index contributed by atoms with van der Waals surface area (Å²) in [6.45, 7) is 1.29. The molecular formula is C15H19ClN2OS. The van der Waals surface area contributed by atoms with Gasteiger partial charge >= 0.3 is 0 Å². The Kier molecular flexibility index (Phi) is 4.54. The van der Waals surface area contributed by atoms with Crippen LogP contribution in [-0.4, -0.2) is 35.4 Å². The topological polar surface area (TPSA) is 32.3 Å². The van der Waals surface area contributed by atoms with Crippen molar-refractivity contribution in [1.82, 2.24) is 10.2 Å². The van der Waals surface area contributed by atoms with E-state index < -0.39 is 0 Å². The van der Waals surface area contributed by atoms with Gasteiger partial charge < -0.3 is 4.90 Å². The van der Waals surface area contributed by atoms with Gasteiger partial charge in [-0.2, -0.15) is 11.8 Å². The molecule has 1 aromatic rings. The van der Waals surface area contributed by atoms with Crippen LogP contribution in [0.15, 0.2) is 24.3 Å². The fourth-order valence-corrected chi connectivity index (χ4v) is 4.33. The summed E-state index contributed by atoms with van der Waals surface area (Å²) < 4.78 is 0. The number of hydrogen-bond acceptors (Lipinski definition) is 3. The van der Waals surface area contributed by atoms with Crippen molar-refractivity contribution < 1.29 is 4.79 Å². The third-order valence-corrected chi connectivity index (χ3v) is 5.32. The van der Waals surface area contributed by atoms with E-state index in [9.17, 15) is 4.79 Å². The highest BCUT2D eigenvalue weighted by atomic mass is 35.5. The Morgan fingerprint density at radius 3 is 2.90 bits per heavy atom. The fraction of sp³-hybridized carbons (Fsp3) is 0.533. The minimum Gasteiger partial charge on any atom is -0.322 e. The van der Waals surface area contributed by atoms with Gasteiger partial charge in [-0.1, -0.05) is 23.7 Å². The van der Waals surface area contributed by atoms with E-state index in [0.29, 0.717) is 12.5 Å². The van der Waals surface area contributed by atoms with Crippen molar-refractivity contribution in [1.29, 1.82) is 0 Å². The summed E-state index contributed by atoms with van der Waals surface area (Å²) >= 11 is 8.09. The van der Waals surface area contributed by atoms with Gasteiger partial charge in [0.15, 0.2) is 0 Å². The Morgan fingerprint density at radius 2 is 2.15 bits per heavy atom. The molecule has 20 heavy (non-hydrogen) atoms. The maximum absolute atomic E-state index is 12.1. The average Bonchev–Trinajstić information content (AvgIpc) is 2.82. The maximum Gasteiger partial charge on any atom is 0.238 e. The highest BCUT2D eigenvalue weighted by molar-refractivity contribution is 7.99. The number of benzene rings is 1. The first kappa shape index (κ1) is 14.2. The highest BCUT2D eigenvalue weighted by Crippen LogP contribution is 2.29. The van der Waals surface area contributed by atoms with Crippen LogP contribution in [0, 0.1) is 5.92 Å². The van der Waals surface area contributed by atoms with Crippen LogP contribution in [0.25, 0.3) is 0 Å². The first-order chi connectivity index (χ1) is 9.74. The van der Waals surface area contributed by atoms with Crippen molar-refractivity contribution in [3.8, 4) is 0 Å². The summed E-state index contributed by atoms with van der Waals surface area (Å²) in [4.78, 5) is 14.1. The molecule has 3 nitrogen and oxygen atoms in total. The van der Waals surface area contributed by atoms with E-state index in [2.05, 4.69) is 5.32 Å². The molecule has 1 unspecified atom stereocenters. The van der Waals surface area contributed by atoms with Crippen LogP contribution in [-0.2, 0) is 4.79 Å². The summed E-state index contributed by atoms with van der Waals surface area (Å²) in [6.07, 6.45) is 2.42. The smallest absolute Gasteiger partial charge is 0.238 e. The van der Waals surface area contributed by atoms with E-state index in [1.807, 2.05) is 40.9 Å². The zero-order chi connectivity index (χ0) is 13.9. The van der Waals surface area contributed by atoms with Crippen molar-refractivity contribution in [2.24, 2.45) is 5.92 Å². The van der Waals surface area contributed by atoms with E-state index >= 15 is 0 Å². The van der Waals surface area contributed by atoms with Crippen molar-refractivity contribution in [2.75, 3.05) is 24.6 Å². The zero-order valence-electron chi connectivity index (χ0n) is 11.3. The van der Waals surface area contributed by atoms with Gasteiger partial charge in [-0.25, -0.2) is 0 Å². The monoisotopic (exact) mass is 310 g/mol. The Labute approximate surface area is 129 Å². The molecule has 2 heterocycles. The second-order valence-electron chi connectivity index (χ2n) is 5.44. The lowest BCUT2D eigenvalue weighted by Gasteiger charge is -2.30. The summed E-state index contributed by atoms with van der Waals surface area (Å²) in [5, 5.41) is 4.02. The molecule has 2 aliphatic rings. The Morgan fingerprint density at radius 1 is 1.35 bits per heavy atom. The van der Waals surface area contributed by atoms with Gasteiger partial charge in [-0.05, 0) is 48.0 Å². The van der Waals surface area contributed by atoms with Crippen LogP contribution in [0.4, 0.5) is 0 Å². The number of nitrogens with zero attached hydrogens (tertiary/aromatic N) is 1. The van der Waals surface area contributed by atoms with Crippen LogP contribution in [0.5, 0.6) is 0 Å². The van der Waals surface area contributed by atoms with E-state index in [-0.39, 0.29) is 12.1 Å². The molecule has 0 radical (unpaired) electrons. The summed E-state index contributed by atoms with van der Waals surface area (Å²) in [5.41, 5.74) is 1.08. The first-order valence-electron chi connectivity index (χ1n) is 7.10. The van der Waals surface area contributed by atoms with Gasteiger partial charge in [0.1, 0.15) is 6.17 Å². The molecule has 1 aromatic carbocycles. The minimum atomic E-state index is -0.0178. The van der Waals surface area contributed by atoms with Crippen molar-refractivity contribution in [3.63, 3.8) is 0 Å². The molecule has 0 aromatic heterocycles. The number of amides is 1. The van der Waals surface area contributed by atoms with Crippen LogP contribution in [0.1, 0.15) is 24.6 Å². The number of thioether (sulfide) groups is 1. The molecule has 108 valence electrons. The van der Waals surface area contributed by atoms with Gasteiger partial charge in [-0.3, -0.25) is 10.1 Å². The SMILES string of the molecule is O=C1CNC(c2cccc(Cl)c2)N1CC1CCSCC1. The molecule has 0 saturated carbocycles. The van der Waals surface area contributed by atoms with Crippen LogP contribution in [0.2, 0.25) is 5.02 Å². The van der Waals surface area contributed by atoms with Gasteiger partial charge in [0.2, 0.25) is 5.91 Å². The minimum absolute atomic E-state index is 0.0178. The lowest BCUT2D eigenvalue weighted by atomic mass is 10.0. The van der Waals surface area contributed by atoms with Crippen molar-refractivity contribution >= 4 is 29.3 Å². The quantitative estimate of drug-likeness (QED) is 0.931. The molecule has 0 spiro atoms. The third kappa shape index (κ3) is 3.13. The second kappa shape index (κ2) is 6.37. The molecule has 3 rings (SSSR count). The number of nitrogens with one attached hydrogen (secondary N) is 1. The maximum atomic E-state index is 12.1. The van der Waals surface area contributed by atoms with Gasteiger partial charge in [0.05, 0.1) is 6.54 Å². The largest absolute Gasteiger partial charge is 0.322 e. The van der Waals surface area contributed by atoms with E-state index in [4.69, 9.17) is 11.6 Å². The number of hydrogen-bond donors (Lipinski definition) is 1. The van der Waals surface area contributed by atoms with Crippen molar-refractivity contribution in [3.05, 3.63) is 34.9 Å². The average molecular weight is 311 g/mol. The lowest BCUT2D eigenvalue weighted by Crippen LogP contribution is -2.35. The predicted octanol–water partition coefficient (Wildman–Crippen LogP) is 2.91. The zero-order valence-corrected chi connectivity index (χ0v) is 12.9. The molecule has 1 amide bonds. The molecule has 2 saturated heterocycles. The lowest BCUT2D eigenvalue weighted by molar-refractivity contribution is -0.128. The Balaban J connectivity index is 1.74. The van der Waals surface area contributed by atoms with Crippen LogP contribution < -0.4 is 5.32 Å². The molecule has 2 aliphatic heterocycles. The molecule has 0 aliphatic carbocycles. The Hall–Kier alpha value is -0.710. The van der Waals surface area contributed by atoms with Crippen LogP contribution in [0.3, 0.4) is 0 Å². The normalized spacial score (nSPS) is 24.4. The molecule has 1 N–H and O–H groups in total. The number of carbonyl (C=O) groups is 1. The molecule has 2 fully saturated rings. The van der Waals surface area contributed by atoms with E-state index in [0.717, 1.165) is 17.1 Å². The first-order valence-corrected chi connectivity index (χ1v) is 8.63. The van der Waals surface area contributed by atoms with Gasteiger partial charge in [-0.15, -0.1) is 0 Å². The number of carbonyl (C=O) groups excluding carboxylic acids is 1. The number of rotatable bonds is 3. The Bertz CT molecular complexity index is 491. The van der Waals surface area contributed by atoms with Crippen molar-refractivity contribution in [2.45, 2.75) is 19.0 Å². The molecule has 0 bridgehead atoms. The fourth-order valence-electron chi connectivity index (χ4n) is 2.93. The third-order valence-electron chi connectivity index (χ3n) is 4.04. The highest BCUT2D eigenvalue weighted by Gasteiger charge is 2.33. The van der Waals surface area contributed by atoms with E-state index in [1.165, 1.54) is 24.3 Å². The summed E-state index contributed by atoms with van der Waals surface area (Å²) in [7, 11) is 0. The van der Waals surface area contributed by atoms with Crippen LogP contribution >= 0.6 is 23.4 Å². The standard InChI is InChI=1S/C15H19ClN2OS/c16-13-3-1-2-12(8-13)15-17-9-14(19)18(15)10-11-4-6-20-7-5-11/h1-3,8,11,15,17H,4-7,9-10H2. The van der Waals surface area contributed by atoms with Gasteiger partial charge in [0.25, 0.3) is 0 Å². The molecular weight excluding hydrogens is 292 g/mol. The van der Waals surface area contributed by atoms with E-state index in [1.54, 1.807) is 0 Å². The molecule has 5 heteroatoms.